The third-order valence-electron chi connectivity index (χ3n) is 5.27. The minimum absolute atomic E-state index is 0.0332. The molecule has 0 spiro atoms. The van der Waals surface area contributed by atoms with Gasteiger partial charge in [0.15, 0.2) is 5.82 Å². The summed E-state index contributed by atoms with van der Waals surface area (Å²) in [4.78, 5) is 31.0. The zero-order valence-electron chi connectivity index (χ0n) is 15.3. The molecule has 142 valence electrons. The third kappa shape index (κ3) is 2.88. The highest BCUT2D eigenvalue weighted by Gasteiger charge is 2.43. The van der Waals surface area contributed by atoms with Crippen LogP contribution in [0.3, 0.4) is 0 Å². The van der Waals surface area contributed by atoms with E-state index in [0.717, 1.165) is 30.0 Å². The molecule has 9 heteroatoms. The molecule has 2 aromatic heterocycles. The molecule has 2 aliphatic rings. The van der Waals surface area contributed by atoms with E-state index in [1.165, 1.54) is 16.4 Å². The van der Waals surface area contributed by atoms with Gasteiger partial charge in [0.25, 0.3) is 5.91 Å². The molecule has 28 heavy (non-hydrogen) atoms. The fourth-order valence-corrected chi connectivity index (χ4v) is 4.03. The molecule has 8 nitrogen and oxygen atoms in total. The lowest BCUT2D eigenvalue weighted by molar-refractivity contribution is -0.116. The van der Waals surface area contributed by atoms with Crippen LogP contribution >= 0.6 is 11.5 Å². The number of hydrogen-bond donors (Lipinski definition) is 1. The highest BCUT2D eigenvalue weighted by atomic mass is 32.1. The van der Waals surface area contributed by atoms with Gasteiger partial charge in [0.1, 0.15) is 6.54 Å². The number of fused-ring (bicyclic) bond motifs is 1. The third-order valence-corrected chi connectivity index (χ3v) is 5.91. The second-order valence-electron chi connectivity index (χ2n) is 7.45. The summed E-state index contributed by atoms with van der Waals surface area (Å²) in [6.07, 6.45) is 3.72. The van der Waals surface area contributed by atoms with Crippen molar-refractivity contribution >= 4 is 28.5 Å². The van der Waals surface area contributed by atoms with Gasteiger partial charge in [-0.05, 0) is 25.0 Å². The van der Waals surface area contributed by atoms with Crippen LogP contribution in [0, 0.1) is 0 Å². The Kier molecular flexibility index (Phi) is 3.80. The first-order chi connectivity index (χ1) is 13.5. The lowest BCUT2D eigenvalue weighted by Gasteiger charge is -2.15. The van der Waals surface area contributed by atoms with Crippen LogP contribution in [0.1, 0.15) is 41.6 Å². The van der Waals surface area contributed by atoms with Crippen molar-refractivity contribution in [3.8, 4) is 5.69 Å². The number of carbonyl (C=O) groups excluding carboxylic acids is 2. The Labute approximate surface area is 165 Å². The minimum Gasteiger partial charge on any atom is -0.323 e. The molecule has 1 aromatic carbocycles. The summed E-state index contributed by atoms with van der Waals surface area (Å²) in [6, 6.07) is 9.63. The molecular formula is C19H18N6O2S. The molecule has 1 N–H and O–H groups in total. The second kappa shape index (κ2) is 6.23. The van der Waals surface area contributed by atoms with Gasteiger partial charge in [-0.25, -0.2) is 9.67 Å². The molecular weight excluding hydrogens is 376 g/mol. The molecule has 0 radical (unpaired) electrons. The Morgan fingerprint density at radius 2 is 2.07 bits per heavy atom. The van der Waals surface area contributed by atoms with E-state index in [1.807, 2.05) is 30.3 Å². The number of nitrogens with one attached hydrogen (secondary N) is 1. The summed E-state index contributed by atoms with van der Waals surface area (Å²) in [5.74, 6) is 0.331. The number of benzene rings is 1. The summed E-state index contributed by atoms with van der Waals surface area (Å²) in [5.41, 5.74) is 2.29. The summed E-state index contributed by atoms with van der Waals surface area (Å²) < 4.78 is 6.09. The van der Waals surface area contributed by atoms with E-state index in [2.05, 4.69) is 26.7 Å². The highest BCUT2D eigenvalue weighted by molar-refractivity contribution is 7.09. The van der Waals surface area contributed by atoms with Crippen LogP contribution in [0.4, 0.5) is 5.13 Å². The van der Waals surface area contributed by atoms with Crippen molar-refractivity contribution in [3.63, 3.8) is 0 Å². The van der Waals surface area contributed by atoms with Crippen LogP contribution in [0.2, 0.25) is 0 Å². The average molecular weight is 394 g/mol. The van der Waals surface area contributed by atoms with E-state index in [1.54, 1.807) is 10.9 Å². The van der Waals surface area contributed by atoms with E-state index in [-0.39, 0.29) is 23.8 Å². The number of nitrogens with zero attached hydrogens (tertiary/aromatic N) is 5. The van der Waals surface area contributed by atoms with Crippen molar-refractivity contribution in [3.05, 3.63) is 53.6 Å². The van der Waals surface area contributed by atoms with Crippen molar-refractivity contribution < 1.29 is 9.59 Å². The van der Waals surface area contributed by atoms with E-state index in [4.69, 9.17) is 0 Å². The molecule has 0 atom stereocenters. The molecule has 5 rings (SSSR count). The molecule has 2 amide bonds. The van der Waals surface area contributed by atoms with Crippen molar-refractivity contribution in [2.24, 2.45) is 0 Å². The summed E-state index contributed by atoms with van der Waals surface area (Å²) in [7, 11) is 0. The van der Waals surface area contributed by atoms with Gasteiger partial charge < -0.3 is 4.90 Å². The Morgan fingerprint density at radius 1 is 1.29 bits per heavy atom. The summed E-state index contributed by atoms with van der Waals surface area (Å²) in [5, 5.41) is 7.57. The number of amides is 2. The fraction of sp³-hybridized carbons (Fsp3) is 0.316. The zero-order chi connectivity index (χ0) is 19.3. The predicted molar refractivity (Wildman–Crippen MR) is 103 cm³/mol. The smallest absolute Gasteiger partial charge is 0.258 e. The zero-order valence-corrected chi connectivity index (χ0v) is 16.1. The van der Waals surface area contributed by atoms with Gasteiger partial charge in [-0.3, -0.25) is 14.9 Å². The molecule has 1 aliphatic carbocycles. The van der Waals surface area contributed by atoms with Crippen molar-refractivity contribution in [1.29, 1.82) is 0 Å². The average Bonchev–Trinajstić information content (AvgIpc) is 3.03. The maximum Gasteiger partial charge on any atom is 0.258 e. The maximum atomic E-state index is 12.6. The van der Waals surface area contributed by atoms with Crippen LogP contribution < -0.4 is 5.32 Å². The second-order valence-corrected chi connectivity index (χ2v) is 8.20. The molecule has 3 heterocycles. The fourth-order valence-electron chi connectivity index (χ4n) is 3.31. The molecule has 0 saturated heterocycles. The first-order valence-electron chi connectivity index (χ1n) is 9.09. The number of rotatable bonds is 5. The minimum atomic E-state index is -0.277. The van der Waals surface area contributed by atoms with E-state index in [0.29, 0.717) is 17.2 Å². The summed E-state index contributed by atoms with van der Waals surface area (Å²) >= 11 is 1.18. The molecule has 3 aromatic rings. The molecule has 0 bridgehead atoms. The largest absolute Gasteiger partial charge is 0.323 e. The van der Waals surface area contributed by atoms with Gasteiger partial charge in [0.2, 0.25) is 11.0 Å². The number of anilines is 1. The van der Waals surface area contributed by atoms with Crippen LogP contribution in [0.25, 0.3) is 5.69 Å². The van der Waals surface area contributed by atoms with Crippen LogP contribution in [-0.2, 0) is 16.8 Å². The van der Waals surface area contributed by atoms with Gasteiger partial charge in [-0.2, -0.15) is 9.47 Å². The van der Waals surface area contributed by atoms with Crippen LogP contribution in [-0.4, -0.2) is 42.4 Å². The van der Waals surface area contributed by atoms with E-state index in [9.17, 15) is 9.59 Å². The molecule has 0 unspecified atom stereocenters. The van der Waals surface area contributed by atoms with E-state index < -0.39 is 0 Å². The molecule has 1 saturated carbocycles. The van der Waals surface area contributed by atoms with Gasteiger partial charge >= 0.3 is 0 Å². The quantitative estimate of drug-likeness (QED) is 0.717. The Hall–Kier alpha value is -3.07. The molecule has 1 aliphatic heterocycles. The van der Waals surface area contributed by atoms with Crippen molar-refractivity contribution in [2.45, 2.75) is 31.7 Å². The topological polar surface area (TPSA) is 93.0 Å². The Balaban J connectivity index is 1.27. The number of para-hydroxylation sites is 1. The van der Waals surface area contributed by atoms with Crippen LogP contribution in [0.15, 0.2) is 36.5 Å². The Morgan fingerprint density at radius 3 is 2.82 bits per heavy atom. The lowest BCUT2D eigenvalue weighted by atomic mass is 10.1. The SMILES string of the molecule is CC1(c2nsc(NC(=O)CN3Cc4c(cnn4-c4ccccc4)C3=O)n2)CC1. The number of carbonyl (C=O) groups is 2. The summed E-state index contributed by atoms with van der Waals surface area (Å²) in [6.45, 7) is 2.43. The van der Waals surface area contributed by atoms with Gasteiger partial charge in [0, 0.05) is 16.9 Å². The van der Waals surface area contributed by atoms with E-state index >= 15 is 0 Å². The Bertz CT molecular complexity index is 1070. The maximum absolute atomic E-state index is 12.6. The number of hydrogen-bond acceptors (Lipinski definition) is 6. The first-order valence-corrected chi connectivity index (χ1v) is 9.86. The van der Waals surface area contributed by atoms with Crippen LogP contribution in [0.5, 0.6) is 0 Å². The van der Waals surface area contributed by atoms with Gasteiger partial charge in [0.05, 0.1) is 29.7 Å². The normalized spacial score (nSPS) is 16.9. The van der Waals surface area contributed by atoms with Crippen molar-refractivity contribution in [2.75, 3.05) is 11.9 Å². The number of aromatic nitrogens is 4. The first kappa shape index (κ1) is 17.1. The van der Waals surface area contributed by atoms with Gasteiger partial charge in [-0.15, -0.1) is 0 Å². The highest BCUT2D eigenvalue weighted by Crippen LogP contribution is 2.46. The molecule has 1 fully saturated rings. The lowest BCUT2D eigenvalue weighted by Crippen LogP contribution is -2.33. The standard InChI is InChI=1S/C19H18N6O2S/c1-19(7-8-19)17-22-18(28-23-17)21-15(26)11-24-10-14-13(16(24)27)9-20-25(14)12-5-3-2-4-6-12/h2-6,9H,7-8,10-11H2,1H3,(H,21,22,23,26). The predicted octanol–water partition coefficient (Wildman–Crippen LogP) is 2.37. The monoisotopic (exact) mass is 394 g/mol. The van der Waals surface area contributed by atoms with Crippen molar-refractivity contribution in [1.82, 2.24) is 24.0 Å². The van der Waals surface area contributed by atoms with Gasteiger partial charge in [-0.1, -0.05) is 25.1 Å².